The van der Waals surface area contributed by atoms with Gasteiger partial charge in [-0.15, -0.1) is 0 Å². The molecule has 0 spiro atoms. The number of hydrogen-bond donors (Lipinski definition) is 2. The van der Waals surface area contributed by atoms with E-state index in [4.69, 9.17) is 14.2 Å². The maximum Gasteiger partial charge on any atom is 0.331 e. The minimum atomic E-state index is -1.02. The second-order valence-corrected chi connectivity index (χ2v) is 9.84. The van der Waals surface area contributed by atoms with E-state index in [0.29, 0.717) is 12.5 Å². The quantitative estimate of drug-likeness (QED) is 0.500. The first-order valence-electron chi connectivity index (χ1n) is 12.6. The molecule has 1 saturated heterocycles. The number of rotatable bonds is 9. The fourth-order valence-electron chi connectivity index (χ4n) is 4.65. The van der Waals surface area contributed by atoms with Gasteiger partial charge in [0.25, 0.3) is 5.91 Å². The van der Waals surface area contributed by atoms with Gasteiger partial charge in [-0.25, -0.2) is 9.78 Å². The highest BCUT2D eigenvalue weighted by molar-refractivity contribution is 5.98. The molecule has 36 heavy (non-hydrogen) atoms. The van der Waals surface area contributed by atoms with Crippen LogP contribution in [0.15, 0.2) is 42.6 Å². The lowest BCUT2D eigenvalue weighted by atomic mass is 9.80. The number of nitrogens with zero attached hydrogens (tertiary/aromatic N) is 1. The number of pyridine rings is 1. The molecule has 0 aliphatic carbocycles. The lowest BCUT2D eigenvalue weighted by molar-refractivity contribution is -0.154. The number of hydrogen-bond acceptors (Lipinski definition) is 7. The number of methoxy groups -OCH3 is 1. The molecule has 1 aromatic carbocycles. The normalized spacial score (nSPS) is 22.8. The number of cyclic esters (lactones) is 1. The third kappa shape index (κ3) is 7.43. The van der Waals surface area contributed by atoms with Crippen LogP contribution in [0, 0.1) is 17.8 Å². The van der Waals surface area contributed by atoms with E-state index >= 15 is 0 Å². The van der Waals surface area contributed by atoms with Gasteiger partial charge in [0.15, 0.2) is 23.2 Å². The number of carbonyl (C=O) groups is 2. The minimum absolute atomic E-state index is 0.0222. The summed E-state index contributed by atoms with van der Waals surface area (Å²) < 4.78 is 16.9. The van der Waals surface area contributed by atoms with Crippen molar-refractivity contribution in [3.63, 3.8) is 0 Å². The second kappa shape index (κ2) is 13.3. The van der Waals surface area contributed by atoms with Crippen LogP contribution >= 0.6 is 0 Å². The van der Waals surface area contributed by atoms with Crippen LogP contribution in [0.25, 0.3) is 0 Å². The molecule has 4 atom stereocenters. The summed E-state index contributed by atoms with van der Waals surface area (Å²) in [5.41, 5.74) is 1.01. The number of ether oxygens (including phenoxy) is 3. The minimum Gasteiger partial charge on any atom is -0.503 e. The topological polar surface area (TPSA) is 107 Å². The molecular weight excluding hydrogens is 460 g/mol. The SMILES string of the molecule is COc1ccnc(C(=O)N[C@H]2COC[C@H](CCC(C)C)[C@@H](CCc3ccccc3)[C@H](C)OC2=O)c1O. The van der Waals surface area contributed by atoms with Crippen LogP contribution in [-0.4, -0.2) is 54.4 Å². The maximum absolute atomic E-state index is 13.1. The maximum atomic E-state index is 13.1. The van der Waals surface area contributed by atoms with Crippen LogP contribution < -0.4 is 10.1 Å². The molecule has 2 aromatic rings. The molecule has 0 radical (unpaired) electrons. The molecule has 1 aromatic heterocycles. The van der Waals surface area contributed by atoms with E-state index in [1.165, 1.54) is 24.9 Å². The highest BCUT2D eigenvalue weighted by Gasteiger charge is 2.35. The lowest BCUT2D eigenvalue weighted by Gasteiger charge is -2.31. The fraction of sp³-hybridized carbons (Fsp3) is 0.536. The van der Waals surface area contributed by atoms with Crippen LogP contribution in [0.2, 0.25) is 0 Å². The van der Waals surface area contributed by atoms with Crippen LogP contribution in [0.4, 0.5) is 0 Å². The number of aromatic nitrogens is 1. The van der Waals surface area contributed by atoms with Crippen molar-refractivity contribution in [3.8, 4) is 11.5 Å². The van der Waals surface area contributed by atoms with Crippen LogP contribution in [0.5, 0.6) is 11.5 Å². The molecular formula is C28H38N2O6. The van der Waals surface area contributed by atoms with Gasteiger partial charge in [0.2, 0.25) is 0 Å². The molecule has 3 rings (SSSR count). The van der Waals surface area contributed by atoms with Crippen molar-refractivity contribution >= 4 is 11.9 Å². The largest absolute Gasteiger partial charge is 0.503 e. The molecule has 196 valence electrons. The zero-order valence-electron chi connectivity index (χ0n) is 21.6. The smallest absolute Gasteiger partial charge is 0.331 e. The van der Waals surface area contributed by atoms with Gasteiger partial charge < -0.3 is 24.6 Å². The molecule has 0 saturated carbocycles. The first-order chi connectivity index (χ1) is 17.3. The number of aryl methyl sites for hydroxylation is 1. The Hall–Kier alpha value is -3.13. The van der Waals surface area contributed by atoms with Crippen LogP contribution in [0.1, 0.15) is 56.1 Å². The van der Waals surface area contributed by atoms with Gasteiger partial charge in [-0.3, -0.25) is 4.79 Å². The Morgan fingerprint density at radius 2 is 1.94 bits per heavy atom. The second-order valence-electron chi connectivity index (χ2n) is 9.84. The first-order valence-corrected chi connectivity index (χ1v) is 12.6. The summed E-state index contributed by atoms with van der Waals surface area (Å²) in [5, 5.41) is 12.9. The molecule has 2 N–H and O–H groups in total. The zero-order valence-corrected chi connectivity index (χ0v) is 21.6. The van der Waals surface area contributed by atoms with E-state index in [2.05, 4.69) is 36.3 Å². The van der Waals surface area contributed by atoms with Gasteiger partial charge in [-0.1, -0.05) is 50.6 Å². The monoisotopic (exact) mass is 498 g/mol. The van der Waals surface area contributed by atoms with Gasteiger partial charge in [0, 0.05) is 24.8 Å². The van der Waals surface area contributed by atoms with Crippen LogP contribution in [0.3, 0.4) is 0 Å². The summed E-state index contributed by atoms with van der Waals surface area (Å²) >= 11 is 0. The summed E-state index contributed by atoms with van der Waals surface area (Å²) in [7, 11) is 1.38. The standard InChI is InChI=1S/C28H38N2O6/c1-18(2)10-12-21-16-35-17-23(30-27(32)25-26(31)24(34-4)14-15-29-25)28(33)36-19(3)22(21)13-11-20-8-6-5-7-9-20/h5-9,14-15,18-19,21-23,31H,10-13,16-17H2,1-4H3,(H,30,32)/t19-,21-,22-,23-/m0/s1. The highest BCUT2D eigenvalue weighted by atomic mass is 16.6. The molecule has 0 bridgehead atoms. The van der Waals surface area contributed by atoms with Crippen molar-refractivity contribution < 1.29 is 28.9 Å². The van der Waals surface area contributed by atoms with Crippen molar-refractivity contribution in [2.45, 2.75) is 58.6 Å². The summed E-state index contributed by atoms with van der Waals surface area (Å²) in [6.07, 6.45) is 4.78. The fourth-order valence-corrected chi connectivity index (χ4v) is 4.65. The van der Waals surface area contributed by atoms with E-state index in [9.17, 15) is 14.7 Å². The molecule has 1 fully saturated rings. The molecule has 8 heteroatoms. The summed E-state index contributed by atoms with van der Waals surface area (Å²) in [5.74, 6) is -0.651. The Morgan fingerprint density at radius 3 is 2.64 bits per heavy atom. The molecule has 1 aliphatic heterocycles. The van der Waals surface area contributed by atoms with Crippen molar-refractivity contribution in [1.29, 1.82) is 0 Å². The van der Waals surface area contributed by atoms with E-state index < -0.39 is 23.7 Å². The van der Waals surface area contributed by atoms with Gasteiger partial charge in [-0.05, 0) is 43.6 Å². The summed E-state index contributed by atoms with van der Waals surface area (Å²) in [4.78, 5) is 29.8. The number of esters is 1. The van der Waals surface area contributed by atoms with E-state index in [0.717, 1.165) is 25.7 Å². The average molecular weight is 499 g/mol. The van der Waals surface area contributed by atoms with Crippen LogP contribution in [-0.2, 0) is 20.7 Å². The third-order valence-electron chi connectivity index (χ3n) is 6.76. The molecule has 0 unspecified atom stereocenters. The summed E-state index contributed by atoms with van der Waals surface area (Å²) in [6, 6.07) is 10.7. The van der Waals surface area contributed by atoms with Crippen molar-refractivity contribution in [2.75, 3.05) is 20.3 Å². The number of carbonyl (C=O) groups excluding carboxylic acids is 2. The Kier molecular flexibility index (Phi) is 10.1. The lowest BCUT2D eigenvalue weighted by Crippen LogP contribution is -2.46. The van der Waals surface area contributed by atoms with E-state index in [1.807, 2.05) is 25.1 Å². The van der Waals surface area contributed by atoms with Crippen molar-refractivity contribution in [2.24, 2.45) is 17.8 Å². The van der Waals surface area contributed by atoms with Gasteiger partial charge in [0.1, 0.15) is 6.10 Å². The van der Waals surface area contributed by atoms with Gasteiger partial charge in [-0.2, -0.15) is 0 Å². The number of nitrogens with one attached hydrogen (secondary N) is 1. The van der Waals surface area contributed by atoms with Crippen molar-refractivity contribution in [3.05, 3.63) is 53.9 Å². The van der Waals surface area contributed by atoms with Gasteiger partial charge in [0.05, 0.1) is 13.7 Å². The average Bonchev–Trinajstić information content (AvgIpc) is 2.91. The molecule has 8 nitrogen and oxygen atoms in total. The first kappa shape index (κ1) is 27.5. The number of benzene rings is 1. The third-order valence-corrected chi connectivity index (χ3v) is 6.76. The summed E-state index contributed by atoms with van der Waals surface area (Å²) in [6.45, 7) is 6.78. The zero-order chi connectivity index (χ0) is 26.1. The van der Waals surface area contributed by atoms with E-state index in [-0.39, 0.29) is 36.0 Å². The predicted octanol–water partition coefficient (Wildman–Crippen LogP) is 4.16. The highest BCUT2D eigenvalue weighted by Crippen LogP contribution is 2.31. The Morgan fingerprint density at radius 1 is 1.19 bits per heavy atom. The Bertz CT molecular complexity index is 997. The molecule has 2 heterocycles. The predicted molar refractivity (Wildman–Crippen MR) is 136 cm³/mol. The Balaban J connectivity index is 1.74. The van der Waals surface area contributed by atoms with Gasteiger partial charge >= 0.3 is 5.97 Å². The molecule has 1 amide bonds. The van der Waals surface area contributed by atoms with Crippen molar-refractivity contribution in [1.82, 2.24) is 10.3 Å². The number of aromatic hydroxyl groups is 1. The Labute approximate surface area is 213 Å². The van der Waals surface area contributed by atoms with E-state index in [1.54, 1.807) is 0 Å². The molecule has 1 aliphatic rings. The number of amides is 1.